The number of piperidine rings is 1. The number of nitrogens with one attached hydrogen (secondary N) is 1. The fourth-order valence-corrected chi connectivity index (χ4v) is 4.78. The Morgan fingerprint density at radius 2 is 1.91 bits per heavy atom. The fourth-order valence-electron chi connectivity index (χ4n) is 3.38. The molecule has 0 saturated carbocycles. The van der Waals surface area contributed by atoms with Crippen LogP contribution in [0.1, 0.15) is 42.7 Å². The van der Waals surface area contributed by atoms with Crippen molar-refractivity contribution in [1.29, 1.82) is 0 Å². The molecule has 4 heteroatoms. The number of benzene rings is 1. The van der Waals surface area contributed by atoms with E-state index in [9.17, 15) is 4.79 Å². The van der Waals surface area contributed by atoms with Gasteiger partial charge >= 0.3 is 0 Å². The van der Waals surface area contributed by atoms with Crippen LogP contribution in [0.25, 0.3) is 0 Å². The number of amides is 1. The van der Waals surface area contributed by atoms with Gasteiger partial charge in [0.15, 0.2) is 0 Å². The molecule has 0 aromatic heterocycles. The quantitative estimate of drug-likeness (QED) is 0.924. The van der Waals surface area contributed by atoms with E-state index in [1.54, 1.807) is 0 Å². The van der Waals surface area contributed by atoms with Gasteiger partial charge in [0, 0.05) is 6.54 Å². The van der Waals surface area contributed by atoms with E-state index < -0.39 is 0 Å². The van der Waals surface area contributed by atoms with E-state index in [-0.39, 0.29) is 10.6 Å². The van der Waals surface area contributed by atoms with E-state index >= 15 is 0 Å². The summed E-state index contributed by atoms with van der Waals surface area (Å²) < 4.78 is 0. The maximum atomic E-state index is 12.8. The summed E-state index contributed by atoms with van der Waals surface area (Å²) in [5, 5.41) is 3.75. The van der Waals surface area contributed by atoms with Crippen LogP contribution in [0, 0.1) is 12.8 Å². The van der Waals surface area contributed by atoms with E-state index in [0.29, 0.717) is 11.8 Å². The highest BCUT2D eigenvalue weighted by atomic mass is 32.2. The van der Waals surface area contributed by atoms with Crippen LogP contribution in [-0.2, 0) is 4.79 Å². The molecule has 2 atom stereocenters. The van der Waals surface area contributed by atoms with Crippen molar-refractivity contribution in [2.45, 2.75) is 43.7 Å². The lowest BCUT2D eigenvalue weighted by atomic mass is 9.97. The van der Waals surface area contributed by atoms with Crippen LogP contribution in [0.2, 0.25) is 0 Å². The molecule has 2 fully saturated rings. The maximum Gasteiger partial charge on any atom is 0.236 e. The predicted molar refractivity (Wildman–Crippen MR) is 92.9 cm³/mol. The summed E-state index contributed by atoms with van der Waals surface area (Å²) in [6.07, 6.45) is 3.30. The van der Waals surface area contributed by atoms with Gasteiger partial charge in [0.05, 0.1) is 5.25 Å². The Labute approximate surface area is 137 Å². The first-order valence-electron chi connectivity index (χ1n) is 8.42. The maximum absolute atomic E-state index is 12.8. The van der Waals surface area contributed by atoms with Crippen LogP contribution in [0.4, 0.5) is 0 Å². The van der Waals surface area contributed by atoms with Crippen molar-refractivity contribution in [3.8, 4) is 0 Å². The van der Waals surface area contributed by atoms with Crippen molar-refractivity contribution in [3.63, 3.8) is 0 Å². The highest BCUT2D eigenvalue weighted by Crippen LogP contribution is 2.44. The van der Waals surface area contributed by atoms with Crippen LogP contribution in [0.15, 0.2) is 24.3 Å². The molecule has 1 aromatic carbocycles. The Hall–Kier alpha value is -1.00. The molecular weight excluding hydrogens is 292 g/mol. The number of carbonyl (C=O) groups is 1. The first-order valence-corrected chi connectivity index (χ1v) is 9.36. The molecule has 1 N–H and O–H groups in total. The van der Waals surface area contributed by atoms with Crippen LogP contribution in [0.5, 0.6) is 0 Å². The molecule has 2 saturated heterocycles. The van der Waals surface area contributed by atoms with Gasteiger partial charge in [0.1, 0.15) is 5.37 Å². The zero-order valence-corrected chi connectivity index (χ0v) is 14.4. The minimum Gasteiger partial charge on any atom is -0.325 e. The van der Waals surface area contributed by atoms with Gasteiger partial charge in [0.25, 0.3) is 0 Å². The zero-order chi connectivity index (χ0) is 15.5. The van der Waals surface area contributed by atoms with Crippen molar-refractivity contribution in [2.24, 2.45) is 5.92 Å². The second-order valence-corrected chi connectivity index (χ2v) is 7.77. The second-order valence-electron chi connectivity index (χ2n) is 6.48. The minimum absolute atomic E-state index is 0.132. The molecule has 0 bridgehead atoms. The number of rotatable bonds is 4. The summed E-state index contributed by atoms with van der Waals surface area (Å²) >= 11 is 1.84. The summed E-state index contributed by atoms with van der Waals surface area (Å²) in [5.41, 5.74) is 2.55. The molecule has 2 heterocycles. The molecule has 2 aliphatic heterocycles. The molecule has 22 heavy (non-hydrogen) atoms. The highest BCUT2D eigenvalue weighted by Gasteiger charge is 2.40. The van der Waals surface area contributed by atoms with Gasteiger partial charge in [-0.1, -0.05) is 36.8 Å². The Kier molecular flexibility index (Phi) is 5.09. The fraction of sp³-hybridized carbons (Fsp3) is 0.611. The number of carbonyl (C=O) groups excluding carboxylic acids is 1. The van der Waals surface area contributed by atoms with Gasteiger partial charge < -0.3 is 10.2 Å². The lowest BCUT2D eigenvalue weighted by Crippen LogP contribution is -2.39. The average molecular weight is 318 g/mol. The highest BCUT2D eigenvalue weighted by molar-refractivity contribution is 8.01. The lowest BCUT2D eigenvalue weighted by Gasteiger charge is -2.31. The van der Waals surface area contributed by atoms with Gasteiger partial charge in [-0.05, 0) is 50.8 Å². The van der Waals surface area contributed by atoms with Crippen LogP contribution < -0.4 is 5.32 Å². The third-order valence-electron chi connectivity index (χ3n) is 4.78. The second kappa shape index (κ2) is 7.05. The lowest BCUT2D eigenvalue weighted by molar-refractivity contribution is -0.130. The summed E-state index contributed by atoms with van der Waals surface area (Å²) in [6, 6.07) is 8.69. The van der Waals surface area contributed by atoms with E-state index in [4.69, 9.17) is 0 Å². The Morgan fingerprint density at radius 1 is 1.23 bits per heavy atom. The number of hydrogen-bond acceptors (Lipinski definition) is 3. The third kappa shape index (κ3) is 3.33. The SMILES string of the molecule is CCC1SC(c2ccc(C)cc2)N(CC2CCNCC2)C1=O. The molecule has 0 aliphatic carbocycles. The first kappa shape index (κ1) is 15.9. The van der Waals surface area contributed by atoms with Gasteiger partial charge in [-0.15, -0.1) is 11.8 Å². The van der Waals surface area contributed by atoms with E-state index in [1.165, 1.54) is 24.0 Å². The Morgan fingerprint density at radius 3 is 2.55 bits per heavy atom. The molecular formula is C18H26N2OS. The topological polar surface area (TPSA) is 32.3 Å². The molecule has 2 unspecified atom stereocenters. The molecule has 1 aromatic rings. The van der Waals surface area contributed by atoms with E-state index in [2.05, 4.69) is 48.3 Å². The van der Waals surface area contributed by atoms with Gasteiger partial charge in [-0.3, -0.25) is 4.79 Å². The summed E-state index contributed by atoms with van der Waals surface area (Å²) in [4.78, 5) is 14.9. The van der Waals surface area contributed by atoms with E-state index in [1.807, 2.05) is 11.8 Å². The molecule has 2 aliphatic rings. The largest absolute Gasteiger partial charge is 0.325 e. The van der Waals surface area contributed by atoms with Crippen molar-refractivity contribution in [2.75, 3.05) is 19.6 Å². The normalized spacial score (nSPS) is 26.6. The minimum atomic E-state index is 0.132. The van der Waals surface area contributed by atoms with Crippen molar-refractivity contribution in [3.05, 3.63) is 35.4 Å². The number of hydrogen-bond donors (Lipinski definition) is 1. The van der Waals surface area contributed by atoms with Crippen LogP contribution in [-0.4, -0.2) is 35.7 Å². The molecule has 0 radical (unpaired) electrons. The number of nitrogens with zero attached hydrogens (tertiary/aromatic N) is 1. The Balaban J connectivity index is 1.78. The number of aryl methyl sites for hydroxylation is 1. The first-order chi connectivity index (χ1) is 10.7. The Bertz CT molecular complexity index is 510. The molecule has 1 amide bonds. The summed E-state index contributed by atoms with van der Waals surface area (Å²) in [6.45, 7) is 7.33. The standard InChI is InChI=1S/C18H26N2OS/c1-3-16-17(21)20(12-14-8-10-19-11-9-14)18(22-16)15-6-4-13(2)5-7-15/h4-7,14,16,18-19H,3,8-12H2,1-2H3. The van der Waals surface area contributed by atoms with Crippen molar-refractivity contribution >= 4 is 17.7 Å². The van der Waals surface area contributed by atoms with Gasteiger partial charge in [0.2, 0.25) is 5.91 Å². The zero-order valence-electron chi connectivity index (χ0n) is 13.5. The van der Waals surface area contributed by atoms with Crippen LogP contribution in [0.3, 0.4) is 0 Å². The van der Waals surface area contributed by atoms with Gasteiger partial charge in [-0.25, -0.2) is 0 Å². The molecule has 0 spiro atoms. The van der Waals surface area contributed by atoms with Gasteiger partial charge in [-0.2, -0.15) is 0 Å². The molecule has 120 valence electrons. The van der Waals surface area contributed by atoms with Crippen molar-refractivity contribution < 1.29 is 4.79 Å². The monoisotopic (exact) mass is 318 g/mol. The summed E-state index contributed by atoms with van der Waals surface area (Å²) in [5.74, 6) is 0.992. The third-order valence-corrected chi connectivity index (χ3v) is 6.43. The summed E-state index contributed by atoms with van der Waals surface area (Å²) in [7, 11) is 0. The smallest absolute Gasteiger partial charge is 0.236 e. The van der Waals surface area contributed by atoms with Crippen molar-refractivity contribution in [1.82, 2.24) is 10.2 Å². The molecule has 3 rings (SSSR count). The van der Waals surface area contributed by atoms with E-state index in [0.717, 1.165) is 26.1 Å². The molecule has 3 nitrogen and oxygen atoms in total. The average Bonchev–Trinajstić information content (AvgIpc) is 2.86. The van der Waals surface area contributed by atoms with Crippen LogP contribution >= 0.6 is 11.8 Å². The predicted octanol–water partition coefficient (Wildman–Crippen LogP) is 3.35. The number of thioether (sulfide) groups is 1.